The van der Waals surface area contributed by atoms with Gasteiger partial charge in [0.1, 0.15) is 5.82 Å². The van der Waals surface area contributed by atoms with Crippen LogP contribution < -0.4 is 5.32 Å². The molecule has 17 heavy (non-hydrogen) atoms. The second kappa shape index (κ2) is 4.25. The highest BCUT2D eigenvalue weighted by molar-refractivity contribution is 5.53. The summed E-state index contributed by atoms with van der Waals surface area (Å²) in [7, 11) is 0. The molecule has 88 valence electrons. The van der Waals surface area contributed by atoms with Gasteiger partial charge in [-0.15, -0.1) is 10.2 Å². The fraction of sp³-hybridized carbons (Fsp3) is 0.417. The van der Waals surface area contributed by atoms with E-state index in [4.69, 9.17) is 0 Å². The molecule has 5 nitrogen and oxygen atoms in total. The Balaban J connectivity index is 2.06. The zero-order valence-electron chi connectivity index (χ0n) is 9.80. The van der Waals surface area contributed by atoms with Crippen LogP contribution in [-0.4, -0.2) is 32.8 Å². The van der Waals surface area contributed by atoms with Gasteiger partial charge >= 0.3 is 0 Å². The minimum atomic E-state index is 0.459. The monoisotopic (exact) mass is 229 g/mol. The zero-order valence-corrected chi connectivity index (χ0v) is 9.80. The van der Waals surface area contributed by atoms with Crippen LogP contribution >= 0.6 is 0 Å². The first kappa shape index (κ1) is 10.4. The summed E-state index contributed by atoms with van der Waals surface area (Å²) in [6, 6.07) is 4.41. The molecular weight excluding hydrogens is 214 g/mol. The first-order chi connectivity index (χ1) is 8.36. The second-order valence-corrected chi connectivity index (χ2v) is 4.33. The normalized spacial score (nSPS) is 19.7. The summed E-state index contributed by atoms with van der Waals surface area (Å²) in [5.41, 5.74) is 1.03. The molecule has 0 amide bonds. The minimum Gasteiger partial charge on any atom is -0.315 e. The van der Waals surface area contributed by atoms with Gasteiger partial charge in [-0.1, -0.05) is 0 Å². The Morgan fingerprint density at radius 1 is 1.41 bits per heavy atom. The smallest absolute Gasteiger partial charge is 0.165 e. The van der Waals surface area contributed by atoms with Gasteiger partial charge in [-0.05, 0) is 32.0 Å². The van der Waals surface area contributed by atoms with Crippen molar-refractivity contribution in [1.29, 1.82) is 0 Å². The number of hydrogen-bond donors (Lipinski definition) is 1. The van der Waals surface area contributed by atoms with E-state index in [2.05, 4.69) is 25.1 Å². The molecule has 5 heteroatoms. The van der Waals surface area contributed by atoms with Crippen LogP contribution in [0.3, 0.4) is 0 Å². The minimum absolute atomic E-state index is 0.459. The number of hydrogen-bond acceptors (Lipinski definition) is 4. The lowest BCUT2D eigenvalue weighted by Crippen LogP contribution is -2.15. The van der Waals surface area contributed by atoms with Crippen molar-refractivity contribution in [3.8, 4) is 11.4 Å². The molecule has 0 spiro atoms. The van der Waals surface area contributed by atoms with E-state index in [9.17, 15) is 0 Å². The maximum Gasteiger partial charge on any atom is 0.165 e. The van der Waals surface area contributed by atoms with Crippen molar-refractivity contribution in [3.63, 3.8) is 0 Å². The lowest BCUT2D eigenvalue weighted by atomic mass is 10.2. The Labute approximate surface area is 99.9 Å². The van der Waals surface area contributed by atoms with Crippen LogP contribution in [0.2, 0.25) is 0 Å². The van der Waals surface area contributed by atoms with Gasteiger partial charge in [0, 0.05) is 24.5 Å². The molecule has 2 aromatic heterocycles. The molecule has 1 saturated heterocycles. The van der Waals surface area contributed by atoms with Crippen molar-refractivity contribution >= 4 is 0 Å². The number of aromatic nitrogens is 4. The van der Waals surface area contributed by atoms with Crippen molar-refractivity contribution in [2.24, 2.45) is 0 Å². The molecule has 0 bridgehead atoms. The van der Waals surface area contributed by atoms with E-state index < -0.39 is 0 Å². The Hall–Kier alpha value is -1.75. The third-order valence-electron chi connectivity index (χ3n) is 3.19. The molecule has 1 unspecified atom stereocenters. The maximum atomic E-state index is 4.28. The number of nitrogens with zero attached hydrogens (tertiary/aromatic N) is 4. The van der Waals surface area contributed by atoms with E-state index in [0.29, 0.717) is 6.04 Å². The molecule has 3 heterocycles. The van der Waals surface area contributed by atoms with Crippen LogP contribution in [0.25, 0.3) is 11.4 Å². The van der Waals surface area contributed by atoms with Crippen LogP contribution in [0.5, 0.6) is 0 Å². The van der Waals surface area contributed by atoms with Crippen LogP contribution in [0.4, 0.5) is 0 Å². The number of rotatable bonds is 2. The van der Waals surface area contributed by atoms with E-state index in [1.54, 1.807) is 6.20 Å². The molecule has 0 saturated carbocycles. The maximum absolute atomic E-state index is 4.28. The molecule has 1 N–H and O–H groups in total. The van der Waals surface area contributed by atoms with Crippen molar-refractivity contribution in [1.82, 2.24) is 25.1 Å². The molecule has 1 aliphatic heterocycles. The topological polar surface area (TPSA) is 55.6 Å². The fourth-order valence-corrected chi connectivity index (χ4v) is 2.36. The average molecular weight is 229 g/mol. The summed E-state index contributed by atoms with van der Waals surface area (Å²) in [5, 5.41) is 11.8. The van der Waals surface area contributed by atoms with Crippen LogP contribution in [0.1, 0.15) is 18.3 Å². The quantitative estimate of drug-likeness (QED) is 0.840. The molecule has 1 fully saturated rings. The van der Waals surface area contributed by atoms with Crippen LogP contribution in [0, 0.1) is 6.92 Å². The third-order valence-corrected chi connectivity index (χ3v) is 3.19. The highest BCUT2D eigenvalue weighted by Crippen LogP contribution is 2.24. The lowest BCUT2D eigenvalue weighted by Gasteiger charge is -2.14. The summed E-state index contributed by atoms with van der Waals surface area (Å²) in [5.74, 6) is 1.89. The Morgan fingerprint density at radius 2 is 2.35 bits per heavy atom. The molecule has 0 aromatic carbocycles. The predicted molar refractivity (Wildman–Crippen MR) is 64.5 cm³/mol. The van der Waals surface area contributed by atoms with Gasteiger partial charge in [0.15, 0.2) is 5.82 Å². The number of pyridine rings is 1. The summed E-state index contributed by atoms with van der Waals surface area (Å²) in [4.78, 5) is 4.14. The number of nitrogens with one attached hydrogen (secondary N) is 1. The van der Waals surface area contributed by atoms with Crippen molar-refractivity contribution in [3.05, 3.63) is 30.4 Å². The summed E-state index contributed by atoms with van der Waals surface area (Å²) < 4.78 is 2.22. The van der Waals surface area contributed by atoms with Crippen molar-refractivity contribution < 1.29 is 0 Å². The fourth-order valence-electron chi connectivity index (χ4n) is 2.36. The molecular formula is C12H15N5. The Kier molecular flexibility index (Phi) is 2.60. The SMILES string of the molecule is Cc1nnc(-c2cccnc2)n1C1CCNC1. The molecule has 3 rings (SSSR count). The third kappa shape index (κ3) is 1.82. The largest absolute Gasteiger partial charge is 0.315 e. The molecule has 1 atom stereocenters. The first-order valence-electron chi connectivity index (χ1n) is 5.89. The van der Waals surface area contributed by atoms with Gasteiger partial charge in [0.25, 0.3) is 0 Å². The summed E-state index contributed by atoms with van der Waals surface area (Å²) in [6.45, 7) is 4.06. The van der Waals surface area contributed by atoms with E-state index in [-0.39, 0.29) is 0 Å². The Bertz CT molecular complexity index is 499. The van der Waals surface area contributed by atoms with Crippen LogP contribution in [0.15, 0.2) is 24.5 Å². The summed E-state index contributed by atoms with van der Waals surface area (Å²) >= 11 is 0. The Morgan fingerprint density at radius 3 is 3.06 bits per heavy atom. The number of aryl methyl sites for hydroxylation is 1. The standard InChI is InChI=1S/C12H15N5/c1-9-15-16-12(10-3-2-5-13-7-10)17(9)11-4-6-14-8-11/h2-3,5,7,11,14H,4,6,8H2,1H3. The van der Waals surface area contributed by atoms with Gasteiger partial charge in [-0.3, -0.25) is 4.98 Å². The second-order valence-electron chi connectivity index (χ2n) is 4.33. The molecule has 2 aromatic rings. The van der Waals surface area contributed by atoms with Crippen molar-refractivity contribution in [2.45, 2.75) is 19.4 Å². The van der Waals surface area contributed by atoms with E-state index in [1.165, 1.54) is 0 Å². The predicted octanol–water partition coefficient (Wildman–Crippen LogP) is 1.18. The van der Waals surface area contributed by atoms with Gasteiger partial charge in [-0.25, -0.2) is 0 Å². The molecule has 0 radical (unpaired) electrons. The molecule has 0 aliphatic carbocycles. The van der Waals surface area contributed by atoms with Crippen LogP contribution in [-0.2, 0) is 0 Å². The van der Waals surface area contributed by atoms with Crippen molar-refractivity contribution in [2.75, 3.05) is 13.1 Å². The van der Waals surface area contributed by atoms with Gasteiger partial charge < -0.3 is 9.88 Å². The van der Waals surface area contributed by atoms with E-state index >= 15 is 0 Å². The summed E-state index contributed by atoms with van der Waals surface area (Å²) in [6.07, 6.45) is 4.74. The highest BCUT2D eigenvalue weighted by atomic mass is 15.3. The van der Waals surface area contributed by atoms with Gasteiger partial charge in [-0.2, -0.15) is 0 Å². The van der Waals surface area contributed by atoms with E-state index in [1.807, 2.05) is 25.3 Å². The lowest BCUT2D eigenvalue weighted by molar-refractivity contribution is 0.537. The van der Waals surface area contributed by atoms with Gasteiger partial charge in [0.2, 0.25) is 0 Å². The van der Waals surface area contributed by atoms with Gasteiger partial charge in [0.05, 0.1) is 6.04 Å². The molecule has 1 aliphatic rings. The van der Waals surface area contributed by atoms with E-state index in [0.717, 1.165) is 36.7 Å². The average Bonchev–Trinajstić information content (AvgIpc) is 2.99. The highest BCUT2D eigenvalue weighted by Gasteiger charge is 2.22. The first-order valence-corrected chi connectivity index (χ1v) is 5.89. The zero-order chi connectivity index (χ0) is 11.7.